The lowest BCUT2D eigenvalue weighted by atomic mass is 9.90. The van der Waals surface area contributed by atoms with Crippen molar-refractivity contribution in [1.82, 2.24) is 0 Å². The van der Waals surface area contributed by atoms with E-state index in [1.54, 1.807) is 0 Å². The third-order valence-corrected chi connectivity index (χ3v) is 5.43. The highest BCUT2D eigenvalue weighted by molar-refractivity contribution is 6.49. The highest BCUT2D eigenvalue weighted by Gasteiger charge is 2.63. The Balaban J connectivity index is 2.23. The highest BCUT2D eigenvalue weighted by Crippen LogP contribution is 2.52. The molecule has 23 heavy (non-hydrogen) atoms. The zero-order valence-electron chi connectivity index (χ0n) is 13.0. The fourth-order valence-electron chi connectivity index (χ4n) is 2.91. The van der Waals surface area contributed by atoms with Crippen LogP contribution < -0.4 is 0 Å². The van der Waals surface area contributed by atoms with Gasteiger partial charge in [0.15, 0.2) is 10.6 Å². The standard InChI is InChI=1S/C14H19Cl3O6/c1-4-9-14(16,17)10-11(15)12(21-7(3)19)8(5-20-6(2)18)22-13(10)23-9/h8-13H,4-5H2,1-3H3/t8-,9-,10-,11-,12+,13-/m1/s1. The van der Waals surface area contributed by atoms with Gasteiger partial charge in [-0.2, -0.15) is 0 Å². The Morgan fingerprint density at radius 2 is 1.83 bits per heavy atom. The molecular weight excluding hydrogens is 371 g/mol. The van der Waals surface area contributed by atoms with Crippen LogP contribution in [-0.2, 0) is 28.5 Å². The van der Waals surface area contributed by atoms with Gasteiger partial charge in [-0.15, -0.1) is 11.6 Å². The van der Waals surface area contributed by atoms with Crippen LogP contribution in [0.3, 0.4) is 0 Å². The van der Waals surface area contributed by atoms with Crippen molar-refractivity contribution in [2.45, 2.75) is 61.5 Å². The molecule has 0 aromatic heterocycles. The molecule has 0 aromatic rings. The molecule has 2 fully saturated rings. The van der Waals surface area contributed by atoms with Gasteiger partial charge in [-0.1, -0.05) is 30.1 Å². The Kier molecular flexibility index (Phi) is 6.06. The van der Waals surface area contributed by atoms with Crippen LogP contribution >= 0.6 is 34.8 Å². The van der Waals surface area contributed by atoms with Gasteiger partial charge in [0.05, 0.1) is 17.4 Å². The van der Waals surface area contributed by atoms with Gasteiger partial charge in [0.1, 0.15) is 18.8 Å². The van der Waals surface area contributed by atoms with Gasteiger partial charge in [-0.3, -0.25) is 9.59 Å². The topological polar surface area (TPSA) is 71.1 Å². The smallest absolute Gasteiger partial charge is 0.303 e. The summed E-state index contributed by atoms with van der Waals surface area (Å²) in [6.07, 6.45) is -2.27. The van der Waals surface area contributed by atoms with E-state index in [4.69, 9.17) is 53.8 Å². The molecular formula is C14H19Cl3O6. The first-order valence-electron chi connectivity index (χ1n) is 7.31. The first kappa shape index (κ1) is 19.1. The SMILES string of the molecule is CC[C@H]1O[C@H]2O[C@H](COC(C)=O)[C@H](OC(C)=O)[C@H](Cl)[C@H]2C1(Cl)Cl. The monoisotopic (exact) mass is 388 g/mol. The molecule has 2 saturated heterocycles. The molecule has 0 spiro atoms. The first-order valence-corrected chi connectivity index (χ1v) is 8.51. The molecule has 0 N–H and O–H groups in total. The van der Waals surface area contributed by atoms with Gasteiger partial charge in [-0.05, 0) is 6.42 Å². The summed E-state index contributed by atoms with van der Waals surface area (Å²) in [5.74, 6) is -1.60. The summed E-state index contributed by atoms with van der Waals surface area (Å²) in [6.45, 7) is 4.29. The summed E-state index contributed by atoms with van der Waals surface area (Å²) in [5, 5.41) is -0.746. The second kappa shape index (κ2) is 7.31. The Morgan fingerprint density at radius 3 is 2.35 bits per heavy atom. The largest absolute Gasteiger partial charge is 0.463 e. The van der Waals surface area contributed by atoms with Crippen LogP contribution in [0.1, 0.15) is 27.2 Å². The molecule has 2 aliphatic heterocycles. The molecule has 0 aliphatic carbocycles. The van der Waals surface area contributed by atoms with E-state index in [1.165, 1.54) is 13.8 Å². The molecule has 0 aromatic carbocycles. The number of esters is 2. The number of hydrogen-bond donors (Lipinski definition) is 0. The number of ether oxygens (including phenoxy) is 4. The average Bonchev–Trinajstić information content (AvgIpc) is 2.70. The minimum atomic E-state index is -1.27. The number of rotatable bonds is 4. The van der Waals surface area contributed by atoms with Gasteiger partial charge < -0.3 is 18.9 Å². The second-order valence-electron chi connectivity index (χ2n) is 5.60. The molecule has 0 bridgehead atoms. The number of carbonyl (C=O) groups excluding carboxylic acids is 2. The maximum absolute atomic E-state index is 11.4. The van der Waals surface area contributed by atoms with Gasteiger partial charge in [-0.25, -0.2) is 0 Å². The van der Waals surface area contributed by atoms with Gasteiger partial charge in [0.25, 0.3) is 0 Å². The number of hydrogen-bond acceptors (Lipinski definition) is 6. The van der Waals surface area contributed by atoms with Gasteiger partial charge in [0.2, 0.25) is 0 Å². The van der Waals surface area contributed by atoms with Crippen LogP contribution in [0.25, 0.3) is 0 Å². The molecule has 0 unspecified atom stereocenters. The van der Waals surface area contributed by atoms with Crippen molar-refractivity contribution in [3.05, 3.63) is 0 Å². The lowest BCUT2D eigenvalue weighted by Crippen LogP contribution is -2.57. The Hall–Kier alpha value is -0.270. The third kappa shape index (κ3) is 3.87. The Bertz CT molecular complexity index is 471. The molecule has 2 heterocycles. The highest BCUT2D eigenvalue weighted by atomic mass is 35.5. The van der Waals surface area contributed by atoms with Crippen LogP contribution in [0.5, 0.6) is 0 Å². The lowest BCUT2D eigenvalue weighted by Gasteiger charge is -2.42. The predicted octanol–water partition coefficient (Wildman–Crippen LogP) is 2.41. The van der Waals surface area contributed by atoms with Crippen molar-refractivity contribution in [1.29, 1.82) is 0 Å². The maximum Gasteiger partial charge on any atom is 0.303 e. The van der Waals surface area contributed by atoms with Crippen molar-refractivity contribution >= 4 is 46.7 Å². The van der Waals surface area contributed by atoms with Crippen LogP contribution in [0, 0.1) is 5.92 Å². The minimum Gasteiger partial charge on any atom is -0.463 e. The molecule has 0 radical (unpaired) electrons. The van der Waals surface area contributed by atoms with Crippen molar-refractivity contribution in [2.75, 3.05) is 6.61 Å². The van der Waals surface area contributed by atoms with Crippen LogP contribution in [0.2, 0.25) is 0 Å². The van der Waals surface area contributed by atoms with E-state index >= 15 is 0 Å². The van der Waals surface area contributed by atoms with Gasteiger partial charge in [0, 0.05) is 13.8 Å². The molecule has 0 saturated carbocycles. The van der Waals surface area contributed by atoms with E-state index in [2.05, 4.69) is 0 Å². The second-order valence-corrected chi connectivity index (χ2v) is 7.55. The molecule has 132 valence electrons. The summed E-state index contributed by atoms with van der Waals surface area (Å²) in [6, 6.07) is 0. The first-order chi connectivity index (χ1) is 10.7. The molecule has 6 atom stereocenters. The maximum atomic E-state index is 11.4. The van der Waals surface area contributed by atoms with E-state index in [1.807, 2.05) is 6.92 Å². The number of fused-ring (bicyclic) bond motifs is 1. The number of alkyl halides is 3. The predicted molar refractivity (Wildman–Crippen MR) is 83.6 cm³/mol. The number of halogens is 3. The quantitative estimate of drug-likeness (QED) is 0.543. The van der Waals surface area contributed by atoms with E-state index in [0.717, 1.165) is 0 Å². The molecule has 6 nitrogen and oxygen atoms in total. The minimum absolute atomic E-state index is 0.114. The summed E-state index contributed by atoms with van der Waals surface area (Å²) in [5.41, 5.74) is 0. The summed E-state index contributed by atoms with van der Waals surface area (Å²) >= 11 is 19.4. The zero-order chi connectivity index (χ0) is 17.4. The fraction of sp³-hybridized carbons (Fsp3) is 0.857. The fourth-order valence-corrected chi connectivity index (χ4v) is 4.45. The van der Waals surface area contributed by atoms with Crippen molar-refractivity contribution in [2.24, 2.45) is 5.92 Å². The van der Waals surface area contributed by atoms with E-state index < -0.39 is 52.2 Å². The Morgan fingerprint density at radius 1 is 1.17 bits per heavy atom. The number of carbonyl (C=O) groups is 2. The van der Waals surface area contributed by atoms with Crippen molar-refractivity contribution in [3.8, 4) is 0 Å². The van der Waals surface area contributed by atoms with E-state index in [-0.39, 0.29) is 6.61 Å². The van der Waals surface area contributed by atoms with E-state index in [0.29, 0.717) is 6.42 Å². The Labute approximate surface area is 149 Å². The van der Waals surface area contributed by atoms with Gasteiger partial charge >= 0.3 is 11.9 Å². The average molecular weight is 390 g/mol. The van der Waals surface area contributed by atoms with Crippen molar-refractivity contribution < 1.29 is 28.5 Å². The summed E-state index contributed by atoms with van der Waals surface area (Å²) < 4.78 is 20.5. The normalized spacial score (nSPS) is 38.7. The summed E-state index contributed by atoms with van der Waals surface area (Å²) in [7, 11) is 0. The van der Waals surface area contributed by atoms with Crippen LogP contribution in [-0.4, -0.2) is 52.9 Å². The van der Waals surface area contributed by atoms with Crippen molar-refractivity contribution in [3.63, 3.8) is 0 Å². The molecule has 2 rings (SSSR count). The molecule has 9 heteroatoms. The molecule has 2 aliphatic rings. The third-order valence-electron chi connectivity index (χ3n) is 3.92. The zero-order valence-corrected chi connectivity index (χ0v) is 15.2. The lowest BCUT2D eigenvalue weighted by molar-refractivity contribution is -0.240. The summed E-state index contributed by atoms with van der Waals surface area (Å²) in [4.78, 5) is 22.4. The van der Waals surface area contributed by atoms with Crippen LogP contribution in [0.4, 0.5) is 0 Å². The molecule has 0 amide bonds. The van der Waals surface area contributed by atoms with E-state index in [9.17, 15) is 9.59 Å². The van der Waals surface area contributed by atoms with Crippen LogP contribution in [0.15, 0.2) is 0 Å².